The van der Waals surface area contributed by atoms with Gasteiger partial charge in [-0.25, -0.2) is 0 Å². The minimum Gasteiger partial charge on any atom is -0.467 e. The molecule has 1 aromatic heterocycles. The monoisotopic (exact) mass is 261 g/mol. The van der Waals surface area contributed by atoms with E-state index in [-0.39, 0.29) is 0 Å². The van der Waals surface area contributed by atoms with Crippen LogP contribution in [0.4, 0.5) is 0 Å². The van der Waals surface area contributed by atoms with Crippen LogP contribution in [0.15, 0.2) is 0 Å². The van der Waals surface area contributed by atoms with E-state index in [1.54, 1.807) is 0 Å². The van der Waals surface area contributed by atoms with E-state index >= 15 is 0 Å². The standard InChI is InChI=1S/C10H16ClN3OS/c1-14-5-3-2-4-8(14)7-15-10-13-12-9(6-11)16-10/h8H,2-7H2,1H3. The number of hydrogen-bond acceptors (Lipinski definition) is 5. The third-order valence-corrected chi connectivity index (χ3v) is 4.13. The molecule has 0 amide bonds. The number of piperidine rings is 1. The highest BCUT2D eigenvalue weighted by Crippen LogP contribution is 2.21. The molecule has 0 aliphatic carbocycles. The Morgan fingerprint density at radius 2 is 2.38 bits per heavy atom. The zero-order valence-electron chi connectivity index (χ0n) is 9.36. The SMILES string of the molecule is CN1CCCCC1COc1nnc(CCl)s1. The second-order valence-electron chi connectivity index (χ2n) is 4.04. The lowest BCUT2D eigenvalue weighted by atomic mass is 10.0. The molecule has 4 nitrogen and oxygen atoms in total. The van der Waals surface area contributed by atoms with Crippen molar-refractivity contribution in [3.05, 3.63) is 5.01 Å². The van der Waals surface area contributed by atoms with Crippen LogP contribution in [0.3, 0.4) is 0 Å². The summed E-state index contributed by atoms with van der Waals surface area (Å²) in [7, 11) is 2.15. The number of aromatic nitrogens is 2. The maximum Gasteiger partial charge on any atom is 0.294 e. The summed E-state index contributed by atoms with van der Waals surface area (Å²) in [6, 6.07) is 0.511. The smallest absolute Gasteiger partial charge is 0.294 e. The summed E-state index contributed by atoms with van der Waals surface area (Å²) in [4.78, 5) is 2.35. The van der Waals surface area contributed by atoms with Crippen LogP contribution in [0, 0.1) is 0 Å². The summed E-state index contributed by atoms with van der Waals surface area (Å²) in [6.07, 6.45) is 3.79. The molecule has 1 aliphatic heterocycles. The third kappa shape index (κ3) is 3.06. The summed E-state index contributed by atoms with van der Waals surface area (Å²) < 4.78 is 5.64. The van der Waals surface area contributed by atoms with Gasteiger partial charge in [0.2, 0.25) is 0 Å². The minimum atomic E-state index is 0.407. The van der Waals surface area contributed by atoms with Gasteiger partial charge in [0, 0.05) is 6.04 Å². The molecule has 0 radical (unpaired) electrons. The molecule has 1 atom stereocenters. The second kappa shape index (κ2) is 5.80. The van der Waals surface area contributed by atoms with Crippen molar-refractivity contribution in [3.63, 3.8) is 0 Å². The topological polar surface area (TPSA) is 38.2 Å². The van der Waals surface area contributed by atoms with Gasteiger partial charge < -0.3 is 9.64 Å². The average Bonchev–Trinajstić information content (AvgIpc) is 2.76. The van der Waals surface area contributed by atoms with Crippen molar-refractivity contribution in [2.75, 3.05) is 20.2 Å². The van der Waals surface area contributed by atoms with Gasteiger partial charge >= 0.3 is 0 Å². The van der Waals surface area contributed by atoms with Crippen LogP contribution >= 0.6 is 22.9 Å². The first-order valence-corrected chi connectivity index (χ1v) is 6.86. The van der Waals surface area contributed by atoms with Gasteiger partial charge in [0.1, 0.15) is 11.6 Å². The van der Waals surface area contributed by atoms with Gasteiger partial charge in [-0.2, -0.15) is 0 Å². The van der Waals surface area contributed by atoms with E-state index in [4.69, 9.17) is 16.3 Å². The lowest BCUT2D eigenvalue weighted by molar-refractivity contribution is 0.124. The van der Waals surface area contributed by atoms with Crippen LogP contribution in [0.1, 0.15) is 24.3 Å². The fraction of sp³-hybridized carbons (Fsp3) is 0.800. The van der Waals surface area contributed by atoms with Crippen molar-refractivity contribution in [1.29, 1.82) is 0 Å². The lowest BCUT2D eigenvalue weighted by Gasteiger charge is -2.31. The first-order valence-electron chi connectivity index (χ1n) is 5.51. The van der Waals surface area contributed by atoms with Gasteiger partial charge in [0.15, 0.2) is 0 Å². The minimum absolute atomic E-state index is 0.407. The predicted octanol–water partition coefficient (Wildman–Crippen LogP) is 2.14. The molecule has 1 aromatic rings. The van der Waals surface area contributed by atoms with Crippen LogP contribution in [-0.4, -0.2) is 41.3 Å². The third-order valence-electron chi connectivity index (χ3n) is 2.88. The highest BCUT2D eigenvalue weighted by atomic mass is 35.5. The normalized spacial score (nSPS) is 22.2. The van der Waals surface area contributed by atoms with Crippen molar-refractivity contribution in [2.24, 2.45) is 0 Å². The molecule has 1 saturated heterocycles. The van der Waals surface area contributed by atoms with E-state index in [0.717, 1.165) is 11.6 Å². The van der Waals surface area contributed by atoms with Crippen LogP contribution < -0.4 is 4.74 Å². The van der Waals surface area contributed by atoms with E-state index in [0.29, 0.717) is 23.7 Å². The predicted molar refractivity (Wildman–Crippen MR) is 65.2 cm³/mol. The number of hydrogen-bond donors (Lipinski definition) is 0. The molecule has 16 heavy (non-hydrogen) atoms. The van der Waals surface area contributed by atoms with Crippen molar-refractivity contribution in [1.82, 2.24) is 15.1 Å². The Bertz CT molecular complexity index is 334. The number of ether oxygens (including phenoxy) is 1. The number of nitrogens with zero attached hydrogens (tertiary/aromatic N) is 3. The molecule has 0 N–H and O–H groups in total. The van der Waals surface area contributed by atoms with Gasteiger partial charge in [0.25, 0.3) is 5.19 Å². The maximum atomic E-state index is 5.66. The van der Waals surface area contributed by atoms with Crippen LogP contribution in [0.25, 0.3) is 0 Å². The molecule has 0 spiro atoms. The zero-order valence-corrected chi connectivity index (χ0v) is 10.9. The molecule has 0 saturated carbocycles. The summed E-state index contributed by atoms with van der Waals surface area (Å²) in [5.74, 6) is 0.407. The number of rotatable bonds is 4. The van der Waals surface area contributed by atoms with Crippen LogP contribution in [0.2, 0.25) is 0 Å². The van der Waals surface area contributed by atoms with Gasteiger partial charge in [-0.3, -0.25) is 0 Å². The van der Waals surface area contributed by atoms with Crippen molar-refractivity contribution in [3.8, 4) is 5.19 Å². The van der Waals surface area contributed by atoms with E-state index < -0.39 is 0 Å². The summed E-state index contributed by atoms with van der Waals surface area (Å²) in [5.41, 5.74) is 0. The van der Waals surface area contributed by atoms with Crippen molar-refractivity contribution < 1.29 is 4.74 Å². The Morgan fingerprint density at radius 1 is 1.50 bits per heavy atom. The first-order chi connectivity index (χ1) is 7.79. The van der Waals surface area contributed by atoms with Gasteiger partial charge in [0.05, 0.1) is 5.88 Å². The molecule has 0 bridgehead atoms. The molecule has 1 unspecified atom stereocenters. The summed E-state index contributed by atoms with van der Waals surface area (Å²) in [5, 5.41) is 9.30. The second-order valence-corrected chi connectivity index (χ2v) is 5.33. The summed E-state index contributed by atoms with van der Waals surface area (Å²) >= 11 is 7.08. The largest absolute Gasteiger partial charge is 0.467 e. The number of halogens is 1. The quantitative estimate of drug-likeness (QED) is 0.779. The lowest BCUT2D eigenvalue weighted by Crippen LogP contribution is -2.40. The average molecular weight is 262 g/mol. The number of likely N-dealkylation sites (tertiary alicyclic amines) is 1. The Kier molecular flexibility index (Phi) is 4.37. The van der Waals surface area contributed by atoms with Gasteiger partial charge in [-0.15, -0.1) is 21.8 Å². The first kappa shape index (κ1) is 12.1. The molecule has 0 aromatic carbocycles. The number of likely N-dealkylation sites (N-methyl/N-ethyl adjacent to an activating group) is 1. The highest BCUT2D eigenvalue weighted by molar-refractivity contribution is 7.13. The zero-order chi connectivity index (χ0) is 11.4. The van der Waals surface area contributed by atoms with Gasteiger partial charge in [-0.05, 0) is 26.4 Å². The Labute approximate surface area is 105 Å². The van der Waals surface area contributed by atoms with Crippen LogP contribution in [-0.2, 0) is 5.88 Å². The molecular formula is C10H16ClN3OS. The number of alkyl halides is 1. The summed E-state index contributed by atoms with van der Waals surface area (Å²) in [6.45, 7) is 1.87. The maximum absolute atomic E-state index is 5.66. The van der Waals surface area contributed by atoms with E-state index in [2.05, 4.69) is 22.1 Å². The molecule has 2 heterocycles. The molecule has 1 fully saturated rings. The van der Waals surface area contributed by atoms with E-state index in [9.17, 15) is 0 Å². The van der Waals surface area contributed by atoms with E-state index in [1.807, 2.05) is 0 Å². The Morgan fingerprint density at radius 3 is 3.06 bits per heavy atom. The fourth-order valence-corrected chi connectivity index (χ4v) is 2.64. The van der Waals surface area contributed by atoms with Crippen LogP contribution in [0.5, 0.6) is 5.19 Å². The van der Waals surface area contributed by atoms with E-state index in [1.165, 1.54) is 30.6 Å². The van der Waals surface area contributed by atoms with Crippen molar-refractivity contribution >= 4 is 22.9 Å². The molecule has 1 aliphatic rings. The molecular weight excluding hydrogens is 246 g/mol. The molecule has 2 rings (SSSR count). The van der Waals surface area contributed by atoms with Crippen molar-refractivity contribution in [2.45, 2.75) is 31.2 Å². The Hall–Kier alpha value is -0.390. The molecule has 90 valence electrons. The fourth-order valence-electron chi connectivity index (χ4n) is 1.87. The Balaban J connectivity index is 1.81. The molecule has 6 heteroatoms. The van der Waals surface area contributed by atoms with Gasteiger partial charge in [-0.1, -0.05) is 17.8 Å². The highest BCUT2D eigenvalue weighted by Gasteiger charge is 2.19.